The molecule has 9 nitrogen and oxygen atoms in total. The van der Waals surface area contributed by atoms with E-state index in [9.17, 15) is 0 Å². The molecule has 2 aromatic carbocycles. The maximum absolute atomic E-state index is 5.79. The smallest absolute Gasteiger partial charge is 0.321 e. The molecular weight excluding hydrogens is 428 g/mol. The fourth-order valence-electron chi connectivity index (χ4n) is 3.12. The summed E-state index contributed by atoms with van der Waals surface area (Å²) in [5.74, 6) is 2.12. The Morgan fingerprint density at radius 3 is 2.59 bits per heavy atom. The van der Waals surface area contributed by atoms with Crippen LogP contribution in [0.15, 0.2) is 60.9 Å². The van der Waals surface area contributed by atoms with Gasteiger partial charge in [0.15, 0.2) is 5.82 Å². The topological polar surface area (TPSA) is 116 Å². The van der Waals surface area contributed by atoms with Crippen molar-refractivity contribution in [2.75, 3.05) is 10.6 Å². The molecule has 3 aromatic heterocycles. The van der Waals surface area contributed by atoms with Crippen molar-refractivity contribution < 1.29 is 4.74 Å². The minimum absolute atomic E-state index is 0.249. The number of H-pyrrole nitrogens is 2. The quantitative estimate of drug-likeness (QED) is 0.272. The van der Waals surface area contributed by atoms with E-state index in [2.05, 4.69) is 40.8 Å². The van der Waals surface area contributed by atoms with E-state index >= 15 is 0 Å². The molecule has 5 aromatic rings. The number of rotatable bonds is 7. The van der Waals surface area contributed by atoms with Gasteiger partial charge in [0.2, 0.25) is 5.95 Å². The Morgan fingerprint density at radius 2 is 1.84 bits per heavy atom. The number of fused-ring (bicyclic) bond motifs is 1. The lowest BCUT2D eigenvalue weighted by molar-refractivity contribution is 0.441. The molecule has 0 unspecified atom stereocenters. The molecule has 0 bridgehead atoms. The van der Waals surface area contributed by atoms with E-state index in [1.807, 2.05) is 55.5 Å². The maximum atomic E-state index is 5.79. The summed E-state index contributed by atoms with van der Waals surface area (Å²) >= 11 is 5.79. The van der Waals surface area contributed by atoms with Gasteiger partial charge in [0.25, 0.3) is 0 Å². The molecule has 32 heavy (non-hydrogen) atoms. The van der Waals surface area contributed by atoms with Crippen molar-refractivity contribution >= 4 is 40.1 Å². The zero-order chi connectivity index (χ0) is 21.9. The maximum Gasteiger partial charge on any atom is 0.321 e. The Morgan fingerprint density at radius 1 is 1.03 bits per heavy atom. The summed E-state index contributed by atoms with van der Waals surface area (Å²) in [7, 11) is 0. The van der Waals surface area contributed by atoms with Crippen molar-refractivity contribution in [2.24, 2.45) is 0 Å². The highest BCUT2D eigenvalue weighted by atomic mass is 35.5. The van der Waals surface area contributed by atoms with E-state index in [0.717, 1.165) is 33.8 Å². The lowest BCUT2D eigenvalue weighted by atomic mass is 10.2. The molecule has 0 radical (unpaired) electrons. The summed E-state index contributed by atoms with van der Waals surface area (Å²) in [6, 6.07) is 15.8. The number of aryl methyl sites for hydroxylation is 1. The number of hydrogen-bond donors (Lipinski definition) is 4. The summed E-state index contributed by atoms with van der Waals surface area (Å²) in [5.41, 5.74) is 4.81. The summed E-state index contributed by atoms with van der Waals surface area (Å²) in [6.45, 7) is 2.57. The first-order chi connectivity index (χ1) is 15.6. The molecule has 0 atom stereocenters. The van der Waals surface area contributed by atoms with Gasteiger partial charge in [0, 0.05) is 24.0 Å². The van der Waals surface area contributed by atoms with Crippen LogP contribution >= 0.6 is 11.6 Å². The lowest BCUT2D eigenvalue weighted by Crippen LogP contribution is -2.00. The first-order valence-electron chi connectivity index (χ1n) is 9.88. The molecule has 0 aliphatic heterocycles. The van der Waals surface area contributed by atoms with Crippen molar-refractivity contribution in [3.8, 4) is 11.8 Å². The Balaban J connectivity index is 1.21. The van der Waals surface area contributed by atoms with E-state index in [1.165, 1.54) is 12.4 Å². The number of imidazole rings is 1. The number of nitrogens with zero attached hydrogens (tertiary/aromatic N) is 4. The Bertz CT molecular complexity index is 1340. The van der Waals surface area contributed by atoms with Gasteiger partial charge < -0.3 is 20.4 Å². The van der Waals surface area contributed by atoms with E-state index in [1.54, 1.807) is 0 Å². The zero-order valence-corrected chi connectivity index (χ0v) is 17.8. The van der Waals surface area contributed by atoms with Gasteiger partial charge in [0.05, 0.1) is 28.4 Å². The fraction of sp³-hybridized carbons (Fsp3) is 0.0909. The van der Waals surface area contributed by atoms with Crippen LogP contribution in [0.3, 0.4) is 0 Å². The minimum Gasteiger partial charge on any atom is -0.424 e. The summed E-state index contributed by atoms with van der Waals surface area (Å²) < 4.78 is 5.61. The van der Waals surface area contributed by atoms with Gasteiger partial charge in [-0.3, -0.25) is 5.10 Å². The van der Waals surface area contributed by atoms with E-state index in [0.29, 0.717) is 23.3 Å². The molecule has 5 rings (SSSR count). The van der Waals surface area contributed by atoms with E-state index < -0.39 is 0 Å². The lowest BCUT2D eigenvalue weighted by Gasteiger charge is -2.06. The molecule has 0 spiro atoms. The van der Waals surface area contributed by atoms with Gasteiger partial charge in [-0.15, -0.1) is 0 Å². The van der Waals surface area contributed by atoms with Crippen LogP contribution < -0.4 is 15.4 Å². The van der Waals surface area contributed by atoms with Crippen LogP contribution in [0.25, 0.3) is 11.0 Å². The van der Waals surface area contributed by atoms with Crippen LogP contribution in [0.4, 0.5) is 17.5 Å². The zero-order valence-electron chi connectivity index (χ0n) is 17.1. The third kappa shape index (κ3) is 4.62. The number of anilines is 3. The number of aromatic nitrogens is 6. The molecular formula is C22H19ClN8O. The van der Waals surface area contributed by atoms with Crippen molar-refractivity contribution in [1.82, 2.24) is 30.1 Å². The van der Waals surface area contributed by atoms with Gasteiger partial charge in [-0.2, -0.15) is 5.10 Å². The minimum atomic E-state index is 0.249. The predicted octanol–water partition coefficient (Wildman–Crippen LogP) is 5.19. The van der Waals surface area contributed by atoms with Crippen molar-refractivity contribution in [2.45, 2.75) is 13.5 Å². The normalized spacial score (nSPS) is 10.9. The highest BCUT2D eigenvalue weighted by Gasteiger charge is 2.06. The molecule has 0 fully saturated rings. The first-order valence-corrected chi connectivity index (χ1v) is 10.3. The third-order valence-corrected chi connectivity index (χ3v) is 4.84. The largest absolute Gasteiger partial charge is 0.424 e. The van der Waals surface area contributed by atoms with Crippen LogP contribution in [-0.4, -0.2) is 30.1 Å². The van der Waals surface area contributed by atoms with Crippen molar-refractivity contribution in [3.63, 3.8) is 0 Å². The number of halogens is 1. The molecule has 0 saturated heterocycles. The molecule has 0 amide bonds. The monoisotopic (exact) mass is 446 g/mol. The summed E-state index contributed by atoms with van der Waals surface area (Å²) in [4.78, 5) is 15.9. The van der Waals surface area contributed by atoms with Crippen LogP contribution in [0, 0.1) is 6.92 Å². The molecule has 0 aliphatic carbocycles. The molecule has 0 saturated carbocycles. The van der Waals surface area contributed by atoms with Gasteiger partial charge in [-0.1, -0.05) is 23.7 Å². The van der Waals surface area contributed by atoms with Gasteiger partial charge in [-0.25, -0.2) is 15.0 Å². The number of ether oxygens (including phenoxy) is 1. The van der Waals surface area contributed by atoms with E-state index in [4.69, 9.17) is 16.3 Å². The SMILES string of the molecule is Cc1cc(Nc2ccc3nc(NCc4ccc(Oc5ncc(Cl)cn5)cc4)[nH]c3c2)n[nH]1. The average Bonchev–Trinajstić information content (AvgIpc) is 3.40. The summed E-state index contributed by atoms with van der Waals surface area (Å²) in [5, 5.41) is 14.2. The van der Waals surface area contributed by atoms with Gasteiger partial charge in [0.1, 0.15) is 5.75 Å². The number of benzene rings is 2. The van der Waals surface area contributed by atoms with Crippen molar-refractivity contribution in [3.05, 3.63) is 77.2 Å². The Hall–Kier alpha value is -4.11. The van der Waals surface area contributed by atoms with Crippen molar-refractivity contribution in [1.29, 1.82) is 0 Å². The fourth-order valence-corrected chi connectivity index (χ4v) is 3.22. The number of nitrogens with one attached hydrogen (secondary N) is 4. The highest BCUT2D eigenvalue weighted by molar-refractivity contribution is 6.30. The van der Waals surface area contributed by atoms with Crippen LogP contribution in [-0.2, 0) is 6.54 Å². The van der Waals surface area contributed by atoms with Gasteiger partial charge in [-0.05, 0) is 42.8 Å². The Kier molecular flexibility index (Phi) is 5.30. The second-order valence-corrected chi connectivity index (χ2v) is 7.60. The molecule has 160 valence electrons. The highest BCUT2D eigenvalue weighted by Crippen LogP contribution is 2.23. The Labute approximate surface area is 188 Å². The average molecular weight is 447 g/mol. The second kappa shape index (κ2) is 8.56. The van der Waals surface area contributed by atoms with Crippen LogP contribution in [0.5, 0.6) is 11.8 Å². The summed E-state index contributed by atoms with van der Waals surface area (Å²) in [6.07, 6.45) is 2.99. The van der Waals surface area contributed by atoms with Crippen LogP contribution in [0.2, 0.25) is 5.02 Å². The van der Waals surface area contributed by atoms with Crippen LogP contribution in [0.1, 0.15) is 11.3 Å². The number of aromatic amines is 2. The molecule has 10 heteroatoms. The van der Waals surface area contributed by atoms with E-state index in [-0.39, 0.29) is 6.01 Å². The number of hydrogen-bond acceptors (Lipinski definition) is 7. The third-order valence-electron chi connectivity index (χ3n) is 4.65. The first kappa shape index (κ1) is 19.8. The molecule has 4 N–H and O–H groups in total. The molecule has 0 aliphatic rings. The predicted molar refractivity (Wildman–Crippen MR) is 124 cm³/mol. The second-order valence-electron chi connectivity index (χ2n) is 7.16. The van der Waals surface area contributed by atoms with Gasteiger partial charge >= 0.3 is 6.01 Å². The molecule has 3 heterocycles. The standard InChI is InChI=1S/C22H19ClN8O/c1-13-8-20(31-30-13)27-16-4-7-18-19(9-16)29-21(28-18)24-10-14-2-5-17(6-3-14)32-22-25-11-15(23)12-26-22/h2-9,11-12H,10H2,1H3,(H2,24,28,29)(H2,27,30,31).